The fourth-order valence-corrected chi connectivity index (χ4v) is 9.60. The van der Waals surface area contributed by atoms with Crippen molar-refractivity contribution < 1.29 is 99.8 Å². The Morgan fingerprint density at radius 1 is 0.600 bits per heavy atom. The van der Waals surface area contributed by atoms with E-state index in [0.29, 0.717) is 24.2 Å². The molecule has 3 aliphatic rings. The van der Waals surface area contributed by atoms with Crippen molar-refractivity contribution >= 4 is 43.2 Å². The first-order valence-electron chi connectivity index (χ1n) is 18.0. The van der Waals surface area contributed by atoms with Gasteiger partial charge in [0.2, 0.25) is 0 Å². The molecule has 0 aliphatic heterocycles. The Hall–Kier alpha value is -2.56. The molecule has 0 amide bonds. The quantitative estimate of drug-likeness (QED) is 0.131. The Morgan fingerprint density at radius 2 is 1.05 bits per heavy atom. The standard InChI is InChI=1S/C40H42N2O9S2.2Na/c43-35-15-5-14-32-36(35)40(45)38-34(42-29-11-2-7-25(21-29)19-27-9-4-13-31(23-27)53(49,50)51)17-16-33(37(38)39(32)44)41-28-10-1-6-24(20-28)18-26-8-3-12-30(22-26)52(46,47)48;;/h3-5,8-9,12-17,22-25,28-29,41-43H,1-2,6-7,10-11,18-21H2,(H,46,47,48)(H,49,50,51);;/q;2*+1/p-2. The predicted molar refractivity (Wildman–Crippen MR) is 196 cm³/mol. The molecular formula is C40H40N2Na2O9S2. The number of phenolic OH excluding ortho intramolecular Hbond substituents is 1. The number of fused-ring (bicyclic) bond motifs is 2. The van der Waals surface area contributed by atoms with Gasteiger partial charge in [-0.05, 0) is 117 Å². The van der Waals surface area contributed by atoms with E-state index < -0.39 is 26.0 Å². The zero-order chi connectivity index (χ0) is 37.5. The van der Waals surface area contributed by atoms with Crippen molar-refractivity contribution in [3.8, 4) is 5.75 Å². The number of phenols is 1. The van der Waals surface area contributed by atoms with E-state index in [4.69, 9.17) is 0 Å². The van der Waals surface area contributed by atoms with Crippen molar-refractivity contribution in [3.05, 3.63) is 112 Å². The molecule has 0 aromatic heterocycles. The van der Waals surface area contributed by atoms with Gasteiger partial charge in [-0.3, -0.25) is 9.59 Å². The molecule has 4 atom stereocenters. The van der Waals surface area contributed by atoms with Crippen LogP contribution in [0.1, 0.15) is 94.3 Å². The first-order valence-corrected chi connectivity index (χ1v) is 20.8. The molecule has 3 N–H and O–H groups in total. The molecule has 0 saturated heterocycles. The third kappa shape index (κ3) is 9.95. The second-order valence-electron chi connectivity index (χ2n) is 14.6. The number of rotatable bonds is 10. The monoisotopic (exact) mass is 802 g/mol. The number of carbonyl (C=O) groups excluding carboxylic acids is 2. The van der Waals surface area contributed by atoms with Crippen LogP contribution in [0.4, 0.5) is 11.4 Å². The Balaban J connectivity index is 0.00000290. The zero-order valence-corrected chi connectivity index (χ0v) is 36.5. The Bertz CT molecular complexity index is 2320. The van der Waals surface area contributed by atoms with Gasteiger partial charge in [-0.2, -0.15) is 0 Å². The SMILES string of the molecule is O=C1c2cccc(O)c2C(=O)c2c(NC3CCCC(Cc4cccc(S(=O)(=O)[O-])c4)C3)ccc(NC3CCCC(Cc4cccc(S(=O)(=O)[O-])c4)C3)c21.[Na+].[Na+]. The minimum absolute atomic E-state index is 0. The molecule has 4 aromatic carbocycles. The summed E-state index contributed by atoms with van der Waals surface area (Å²) in [7, 11) is -9.13. The number of hydrogen-bond acceptors (Lipinski definition) is 11. The second-order valence-corrected chi connectivity index (χ2v) is 17.4. The third-order valence-electron chi connectivity index (χ3n) is 10.9. The minimum atomic E-state index is -4.57. The molecule has 55 heavy (non-hydrogen) atoms. The van der Waals surface area contributed by atoms with Gasteiger partial charge < -0.3 is 24.8 Å². The van der Waals surface area contributed by atoms with Gasteiger partial charge in [0.25, 0.3) is 0 Å². The topological polar surface area (TPSA) is 193 Å². The van der Waals surface area contributed by atoms with Crippen LogP contribution in [-0.2, 0) is 33.1 Å². The molecule has 15 heteroatoms. The van der Waals surface area contributed by atoms with Crippen LogP contribution >= 0.6 is 0 Å². The predicted octanol–water partition coefficient (Wildman–Crippen LogP) is 0.411. The first kappa shape index (κ1) is 43.6. The van der Waals surface area contributed by atoms with Gasteiger partial charge in [0, 0.05) is 29.0 Å². The van der Waals surface area contributed by atoms with Crippen LogP contribution in [0, 0.1) is 11.8 Å². The molecule has 7 rings (SSSR count). The molecule has 4 unspecified atom stereocenters. The summed E-state index contributed by atoms with van der Waals surface area (Å²) in [6.07, 6.45) is 7.90. The molecule has 4 aromatic rings. The van der Waals surface area contributed by atoms with E-state index in [9.17, 15) is 40.6 Å². The normalized spacial score (nSPS) is 21.0. The van der Waals surface area contributed by atoms with Crippen molar-refractivity contribution in [1.82, 2.24) is 0 Å². The molecule has 2 saturated carbocycles. The summed E-state index contributed by atoms with van der Waals surface area (Å²) < 4.78 is 69.5. The number of anilines is 2. The fourth-order valence-electron chi connectivity index (χ4n) is 8.52. The Kier molecular flexibility index (Phi) is 14.2. The summed E-state index contributed by atoms with van der Waals surface area (Å²) in [5.41, 5.74) is 3.12. The summed E-state index contributed by atoms with van der Waals surface area (Å²) in [5, 5.41) is 17.9. The first-order chi connectivity index (χ1) is 25.2. The van der Waals surface area contributed by atoms with Crippen LogP contribution in [0.2, 0.25) is 0 Å². The molecule has 0 radical (unpaired) electrons. The maximum Gasteiger partial charge on any atom is 1.00 e. The van der Waals surface area contributed by atoms with E-state index in [0.717, 1.165) is 62.5 Å². The molecule has 3 aliphatic carbocycles. The molecule has 2 fully saturated rings. The number of aromatic hydroxyl groups is 1. The van der Waals surface area contributed by atoms with Crippen LogP contribution in [0.3, 0.4) is 0 Å². The van der Waals surface area contributed by atoms with Crippen molar-refractivity contribution in [1.29, 1.82) is 0 Å². The second kappa shape index (κ2) is 17.9. The maximum absolute atomic E-state index is 14.2. The van der Waals surface area contributed by atoms with Crippen molar-refractivity contribution in [2.45, 2.75) is 86.1 Å². The Morgan fingerprint density at radius 3 is 1.53 bits per heavy atom. The third-order valence-corrected chi connectivity index (χ3v) is 12.5. The molecule has 278 valence electrons. The molecule has 0 spiro atoms. The summed E-state index contributed by atoms with van der Waals surface area (Å²) >= 11 is 0. The number of carbonyl (C=O) groups is 2. The van der Waals surface area contributed by atoms with Crippen LogP contribution in [-0.4, -0.2) is 54.7 Å². The van der Waals surface area contributed by atoms with Crippen molar-refractivity contribution in [2.75, 3.05) is 10.6 Å². The number of benzene rings is 4. The Labute approximate surface area is 366 Å². The van der Waals surface area contributed by atoms with E-state index in [1.165, 1.54) is 30.3 Å². The zero-order valence-electron chi connectivity index (χ0n) is 30.9. The van der Waals surface area contributed by atoms with Gasteiger partial charge in [-0.15, -0.1) is 0 Å². The van der Waals surface area contributed by atoms with Gasteiger partial charge in [-0.1, -0.05) is 49.2 Å². The number of ketones is 2. The average Bonchev–Trinajstić information content (AvgIpc) is 3.11. The van der Waals surface area contributed by atoms with Crippen LogP contribution < -0.4 is 69.7 Å². The van der Waals surface area contributed by atoms with Crippen LogP contribution in [0.5, 0.6) is 5.75 Å². The molecule has 11 nitrogen and oxygen atoms in total. The van der Waals surface area contributed by atoms with Gasteiger partial charge in [0.15, 0.2) is 11.6 Å². The van der Waals surface area contributed by atoms with E-state index in [-0.39, 0.29) is 127 Å². The van der Waals surface area contributed by atoms with E-state index in [1.54, 1.807) is 30.3 Å². The van der Waals surface area contributed by atoms with E-state index >= 15 is 0 Å². The maximum atomic E-state index is 14.2. The average molecular weight is 803 g/mol. The number of nitrogens with one attached hydrogen (secondary N) is 2. The summed E-state index contributed by atoms with van der Waals surface area (Å²) in [5.74, 6) is -0.689. The fraction of sp³-hybridized carbons (Fsp3) is 0.350. The van der Waals surface area contributed by atoms with Crippen molar-refractivity contribution in [3.63, 3.8) is 0 Å². The van der Waals surface area contributed by atoms with Gasteiger partial charge in [-0.25, -0.2) is 16.8 Å². The summed E-state index contributed by atoms with van der Waals surface area (Å²) in [4.78, 5) is 27.9. The summed E-state index contributed by atoms with van der Waals surface area (Å²) in [6.45, 7) is 0. The van der Waals surface area contributed by atoms with Crippen molar-refractivity contribution in [2.24, 2.45) is 11.8 Å². The summed E-state index contributed by atoms with van der Waals surface area (Å²) in [6, 6.07) is 20.3. The van der Waals surface area contributed by atoms with Gasteiger partial charge in [0.05, 0.1) is 26.5 Å². The molecule has 0 heterocycles. The van der Waals surface area contributed by atoms with Crippen LogP contribution in [0.15, 0.2) is 88.7 Å². The molecular weight excluding hydrogens is 763 g/mol. The van der Waals surface area contributed by atoms with Gasteiger partial charge in [0.1, 0.15) is 26.0 Å². The smallest absolute Gasteiger partial charge is 0.744 e. The van der Waals surface area contributed by atoms with Crippen LogP contribution in [0.25, 0.3) is 0 Å². The van der Waals surface area contributed by atoms with Gasteiger partial charge >= 0.3 is 59.1 Å². The van der Waals surface area contributed by atoms with E-state index in [1.807, 2.05) is 18.2 Å². The number of hydrogen-bond donors (Lipinski definition) is 3. The van der Waals surface area contributed by atoms with E-state index in [2.05, 4.69) is 10.6 Å². The largest absolute Gasteiger partial charge is 1.00 e. The minimum Gasteiger partial charge on any atom is -0.744 e. The molecule has 0 bridgehead atoms.